The van der Waals surface area contributed by atoms with Crippen LogP contribution in [0, 0.1) is 10.1 Å². The molecule has 1 N–H and O–H groups in total. The first-order valence-corrected chi connectivity index (χ1v) is 8.65. The third-order valence-corrected chi connectivity index (χ3v) is 4.48. The summed E-state index contributed by atoms with van der Waals surface area (Å²) in [6, 6.07) is 14.0. The molecule has 0 radical (unpaired) electrons. The van der Waals surface area contributed by atoms with Crippen LogP contribution in [0.1, 0.15) is 10.6 Å². The van der Waals surface area contributed by atoms with Crippen molar-refractivity contribution in [3.63, 3.8) is 0 Å². The minimum absolute atomic E-state index is 0.0148. The molecule has 10 nitrogen and oxygen atoms in total. The fraction of sp³-hybridized carbons (Fsp3) is 0.0625. The average molecular weight is 380 g/mol. The smallest absolute Gasteiger partial charge is 0.258 e. The number of nitrogens with zero attached hydrogens (tertiary/aromatic N) is 7. The van der Waals surface area contributed by atoms with E-state index in [-0.39, 0.29) is 5.69 Å². The lowest BCUT2D eigenvalue weighted by Gasteiger charge is -1.97. The number of hydrazone groups is 1. The van der Waals surface area contributed by atoms with Crippen LogP contribution in [0.25, 0.3) is 11.0 Å². The van der Waals surface area contributed by atoms with Crippen LogP contribution >= 0.6 is 11.3 Å². The number of nitrogens with one attached hydrogen (secondary N) is 1. The molecule has 0 saturated heterocycles. The van der Waals surface area contributed by atoms with Gasteiger partial charge in [-0.05, 0) is 18.2 Å². The summed E-state index contributed by atoms with van der Waals surface area (Å²) in [5.74, 6) is 0. The van der Waals surface area contributed by atoms with Crippen LogP contribution in [0.2, 0.25) is 0 Å². The van der Waals surface area contributed by atoms with Gasteiger partial charge in [-0.25, -0.2) is 4.68 Å². The summed E-state index contributed by atoms with van der Waals surface area (Å²) in [6.45, 7) is 0.438. The molecular formula is C16H12N8O2S. The maximum Gasteiger partial charge on any atom is 0.278 e. The lowest BCUT2D eigenvalue weighted by molar-refractivity contribution is -0.385. The first-order chi connectivity index (χ1) is 13.2. The fourth-order valence-corrected chi connectivity index (χ4v) is 3.12. The van der Waals surface area contributed by atoms with E-state index < -0.39 is 4.92 Å². The third kappa shape index (κ3) is 3.62. The molecule has 2 heterocycles. The van der Waals surface area contributed by atoms with Gasteiger partial charge >= 0.3 is 0 Å². The van der Waals surface area contributed by atoms with Gasteiger partial charge in [-0.1, -0.05) is 40.8 Å². The van der Waals surface area contributed by atoms with Gasteiger partial charge in [0.1, 0.15) is 10.5 Å². The van der Waals surface area contributed by atoms with E-state index in [2.05, 4.69) is 31.0 Å². The van der Waals surface area contributed by atoms with Crippen molar-refractivity contribution in [1.29, 1.82) is 0 Å². The molecule has 134 valence electrons. The quantitative estimate of drug-likeness (QED) is 0.310. The number of benzene rings is 2. The predicted molar refractivity (Wildman–Crippen MR) is 101 cm³/mol. The van der Waals surface area contributed by atoms with Gasteiger partial charge in [0, 0.05) is 6.07 Å². The van der Waals surface area contributed by atoms with Crippen LogP contribution in [-0.2, 0) is 6.54 Å². The molecule has 27 heavy (non-hydrogen) atoms. The Morgan fingerprint density at radius 1 is 1.15 bits per heavy atom. The normalized spacial score (nSPS) is 11.3. The van der Waals surface area contributed by atoms with Gasteiger partial charge in [0.25, 0.3) is 5.69 Å². The molecule has 0 amide bonds. The molecule has 0 aliphatic rings. The number of nitro groups is 1. The van der Waals surface area contributed by atoms with Crippen molar-refractivity contribution >= 4 is 39.4 Å². The number of nitro benzene ring substituents is 1. The highest BCUT2D eigenvalue weighted by molar-refractivity contribution is 7.15. The zero-order valence-electron chi connectivity index (χ0n) is 13.8. The van der Waals surface area contributed by atoms with Crippen molar-refractivity contribution in [2.24, 2.45) is 5.10 Å². The molecule has 0 aliphatic carbocycles. The molecular weight excluding hydrogens is 368 g/mol. The predicted octanol–water partition coefficient (Wildman–Crippen LogP) is 2.69. The highest BCUT2D eigenvalue weighted by Crippen LogP contribution is 2.19. The van der Waals surface area contributed by atoms with Crippen molar-refractivity contribution in [1.82, 2.24) is 25.2 Å². The van der Waals surface area contributed by atoms with Crippen LogP contribution < -0.4 is 5.43 Å². The molecule has 0 unspecified atom stereocenters. The standard InChI is InChI=1S/C16H12N8O2S/c25-24(26)13-7-3-1-5-11(13)9-17-20-16-21-19-15(27-16)10-23-14-8-4-2-6-12(14)18-22-23/h1-9H,10H2,(H,20,21)/b17-9+. The summed E-state index contributed by atoms with van der Waals surface area (Å²) in [5.41, 5.74) is 4.85. The summed E-state index contributed by atoms with van der Waals surface area (Å²) in [6.07, 6.45) is 1.38. The van der Waals surface area contributed by atoms with Crippen LogP contribution in [0.15, 0.2) is 53.6 Å². The van der Waals surface area contributed by atoms with E-state index in [0.29, 0.717) is 17.2 Å². The van der Waals surface area contributed by atoms with Gasteiger partial charge < -0.3 is 0 Å². The summed E-state index contributed by atoms with van der Waals surface area (Å²) in [5, 5.41) is 32.5. The highest BCUT2D eigenvalue weighted by Gasteiger charge is 2.11. The molecule has 0 saturated carbocycles. The van der Waals surface area contributed by atoms with E-state index in [4.69, 9.17) is 0 Å². The monoisotopic (exact) mass is 380 g/mol. The molecule has 0 atom stereocenters. The Kier molecular flexibility index (Phi) is 4.49. The van der Waals surface area contributed by atoms with E-state index in [1.54, 1.807) is 22.9 Å². The summed E-state index contributed by atoms with van der Waals surface area (Å²) in [7, 11) is 0. The van der Waals surface area contributed by atoms with Crippen LogP contribution in [0.4, 0.5) is 10.8 Å². The number of anilines is 1. The Labute approximate surface area is 156 Å². The number of fused-ring (bicyclic) bond motifs is 1. The second-order valence-electron chi connectivity index (χ2n) is 5.42. The van der Waals surface area contributed by atoms with Gasteiger partial charge in [-0.15, -0.1) is 15.3 Å². The minimum atomic E-state index is -0.452. The number of para-hydroxylation sites is 2. The summed E-state index contributed by atoms with van der Waals surface area (Å²) < 4.78 is 1.75. The van der Waals surface area contributed by atoms with E-state index >= 15 is 0 Å². The van der Waals surface area contributed by atoms with E-state index in [1.165, 1.54) is 23.6 Å². The van der Waals surface area contributed by atoms with E-state index in [0.717, 1.165) is 16.0 Å². The lowest BCUT2D eigenvalue weighted by atomic mass is 10.2. The number of hydrogen-bond donors (Lipinski definition) is 1. The average Bonchev–Trinajstić information content (AvgIpc) is 3.30. The SMILES string of the molecule is O=[N+]([O-])c1ccccc1/C=N/Nc1nnc(Cn2nnc3ccccc32)s1. The van der Waals surface area contributed by atoms with Crippen LogP contribution in [-0.4, -0.2) is 36.3 Å². The maximum absolute atomic E-state index is 11.0. The van der Waals surface area contributed by atoms with Gasteiger partial charge in [-0.2, -0.15) is 5.10 Å². The molecule has 4 aromatic rings. The Morgan fingerprint density at radius 3 is 2.85 bits per heavy atom. The zero-order chi connectivity index (χ0) is 18.6. The van der Waals surface area contributed by atoms with Crippen molar-refractivity contribution < 1.29 is 4.92 Å². The Bertz CT molecular complexity index is 1140. The largest absolute Gasteiger partial charge is 0.278 e. The molecule has 0 aliphatic heterocycles. The second kappa shape index (κ2) is 7.25. The van der Waals surface area contributed by atoms with E-state index in [1.807, 2.05) is 24.3 Å². The Balaban J connectivity index is 1.45. The van der Waals surface area contributed by atoms with Crippen molar-refractivity contribution in [2.45, 2.75) is 6.54 Å². The fourth-order valence-electron chi connectivity index (χ4n) is 2.44. The second-order valence-corrected chi connectivity index (χ2v) is 6.48. The number of rotatable bonds is 6. The Hall–Kier alpha value is -3.73. The molecule has 4 rings (SSSR count). The van der Waals surface area contributed by atoms with Gasteiger partial charge in [-0.3, -0.25) is 15.5 Å². The Morgan fingerprint density at radius 2 is 1.96 bits per heavy atom. The maximum atomic E-state index is 11.0. The first-order valence-electron chi connectivity index (χ1n) is 7.84. The van der Waals surface area contributed by atoms with E-state index in [9.17, 15) is 10.1 Å². The zero-order valence-corrected chi connectivity index (χ0v) is 14.6. The summed E-state index contributed by atoms with van der Waals surface area (Å²) in [4.78, 5) is 10.5. The highest BCUT2D eigenvalue weighted by atomic mass is 32.1. The molecule has 0 fully saturated rings. The molecule has 11 heteroatoms. The number of hydrogen-bond acceptors (Lipinski definition) is 9. The van der Waals surface area contributed by atoms with Crippen molar-refractivity contribution in [2.75, 3.05) is 5.43 Å². The topological polar surface area (TPSA) is 124 Å². The molecule has 0 spiro atoms. The van der Waals surface area contributed by atoms with Gasteiger partial charge in [0.15, 0.2) is 0 Å². The molecule has 0 bridgehead atoms. The lowest BCUT2D eigenvalue weighted by Crippen LogP contribution is -2.01. The minimum Gasteiger partial charge on any atom is -0.258 e. The third-order valence-electron chi connectivity index (χ3n) is 3.67. The van der Waals surface area contributed by atoms with Crippen molar-refractivity contribution in [3.05, 3.63) is 69.2 Å². The molecule has 2 aromatic heterocycles. The summed E-state index contributed by atoms with van der Waals surface area (Å²) >= 11 is 1.32. The van der Waals surface area contributed by atoms with Crippen LogP contribution in [0.3, 0.4) is 0 Å². The van der Waals surface area contributed by atoms with Crippen LogP contribution in [0.5, 0.6) is 0 Å². The van der Waals surface area contributed by atoms with Gasteiger partial charge in [0.2, 0.25) is 5.13 Å². The molecule has 2 aromatic carbocycles. The first kappa shape index (κ1) is 16.7. The number of aromatic nitrogens is 5. The van der Waals surface area contributed by atoms with Crippen molar-refractivity contribution in [3.8, 4) is 0 Å². The van der Waals surface area contributed by atoms with Gasteiger partial charge in [0.05, 0.1) is 28.8 Å².